The van der Waals surface area contributed by atoms with Gasteiger partial charge in [0, 0.05) is 12.2 Å². The van der Waals surface area contributed by atoms with Crippen LogP contribution in [0.5, 0.6) is 0 Å². The third kappa shape index (κ3) is 7.18. The van der Waals surface area contributed by atoms with Gasteiger partial charge in [-0.3, -0.25) is 0 Å². The largest absolute Gasteiger partial charge is 0.444 e. The van der Waals surface area contributed by atoms with Crippen molar-refractivity contribution < 1.29 is 32.9 Å². The van der Waals surface area contributed by atoms with Gasteiger partial charge in [0.1, 0.15) is 11.7 Å². The molecule has 142 valence electrons. The van der Waals surface area contributed by atoms with Gasteiger partial charge in [-0.25, -0.2) is 4.79 Å². The summed E-state index contributed by atoms with van der Waals surface area (Å²) in [5.41, 5.74) is 3.40. The predicted octanol–water partition coefficient (Wildman–Crippen LogP) is 2.60. The molecule has 0 saturated heterocycles. The van der Waals surface area contributed by atoms with E-state index in [1.165, 1.54) is 0 Å². The molecule has 0 aromatic heterocycles. The highest BCUT2D eigenvalue weighted by Gasteiger charge is 2.32. The smallest absolute Gasteiger partial charge is 0.416 e. The van der Waals surface area contributed by atoms with Crippen LogP contribution < -0.4 is 11.1 Å². The molecule has 0 bridgehead atoms. The summed E-state index contributed by atoms with van der Waals surface area (Å²) >= 11 is 0. The zero-order chi connectivity index (χ0) is 19.4. The molecule has 1 rings (SSSR count). The maximum atomic E-state index is 12.8. The number of nitrogens with two attached hydrogens (primary N) is 1. The van der Waals surface area contributed by atoms with E-state index in [0.29, 0.717) is 0 Å². The van der Waals surface area contributed by atoms with E-state index in [0.717, 1.165) is 18.2 Å². The van der Waals surface area contributed by atoms with Gasteiger partial charge in [-0.2, -0.15) is 13.2 Å². The molecule has 0 aliphatic rings. The molecule has 2 unspecified atom stereocenters. The molecule has 0 spiro atoms. The highest BCUT2D eigenvalue weighted by molar-refractivity contribution is 5.67. The fourth-order valence-corrected chi connectivity index (χ4v) is 2.03. The van der Waals surface area contributed by atoms with E-state index in [1.54, 1.807) is 20.8 Å². The number of aliphatic hydroxyl groups excluding tert-OH is 2. The number of carbonyl (C=O) groups is 1. The van der Waals surface area contributed by atoms with Crippen LogP contribution in [0, 0.1) is 0 Å². The van der Waals surface area contributed by atoms with Gasteiger partial charge in [-0.1, -0.05) is 0 Å². The van der Waals surface area contributed by atoms with E-state index in [-0.39, 0.29) is 24.2 Å². The van der Waals surface area contributed by atoms with Crippen LogP contribution in [-0.2, 0) is 10.9 Å². The van der Waals surface area contributed by atoms with Gasteiger partial charge in [0.2, 0.25) is 0 Å². The van der Waals surface area contributed by atoms with Crippen LogP contribution in [-0.4, -0.2) is 34.6 Å². The van der Waals surface area contributed by atoms with Crippen LogP contribution in [0.1, 0.15) is 44.4 Å². The van der Waals surface area contributed by atoms with E-state index in [2.05, 4.69) is 5.32 Å². The molecule has 0 radical (unpaired) electrons. The second-order valence-corrected chi connectivity index (χ2v) is 6.62. The van der Waals surface area contributed by atoms with Gasteiger partial charge in [-0.05, 0) is 51.0 Å². The minimum atomic E-state index is -4.62. The minimum Gasteiger partial charge on any atom is -0.444 e. The fraction of sp³-hybridized carbons (Fsp3) is 0.562. The molecular formula is C16H23F3N2O4. The summed E-state index contributed by atoms with van der Waals surface area (Å²) in [5, 5.41) is 22.4. The maximum Gasteiger partial charge on any atom is 0.416 e. The molecule has 1 aromatic carbocycles. The number of alkyl carbamates (subject to hydrolysis) is 1. The van der Waals surface area contributed by atoms with Crippen molar-refractivity contribution in [1.82, 2.24) is 5.32 Å². The van der Waals surface area contributed by atoms with Crippen molar-refractivity contribution in [2.45, 2.75) is 51.2 Å². The Morgan fingerprint density at radius 1 is 1.24 bits per heavy atom. The van der Waals surface area contributed by atoms with Crippen LogP contribution >= 0.6 is 0 Å². The highest BCUT2D eigenvalue weighted by Crippen LogP contribution is 2.33. The number of nitrogen functional groups attached to an aromatic ring is 1. The lowest BCUT2D eigenvalue weighted by atomic mass is 9.99. The van der Waals surface area contributed by atoms with Crippen molar-refractivity contribution in [3.05, 3.63) is 29.3 Å². The van der Waals surface area contributed by atoms with E-state index < -0.39 is 35.6 Å². The number of anilines is 1. The van der Waals surface area contributed by atoms with E-state index in [9.17, 15) is 28.2 Å². The molecular weight excluding hydrogens is 341 g/mol. The van der Waals surface area contributed by atoms with E-state index in [4.69, 9.17) is 10.5 Å². The average molecular weight is 364 g/mol. The van der Waals surface area contributed by atoms with Gasteiger partial charge in [0.15, 0.2) is 0 Å². The Balaban J connectivity index is 2.66. The molecule has 2 atom stereocenters. The van der Waals surface area contributed by atoms with Crippen LogP contribution in [0.25, 0.3) is 0 Å². The predicted molar refractivity (Wildman–Crippen MR) is 85.7 cm³/mol. The van der Waals surface area contributed by atoms with Crippen molar-refractivity contribution in [2.24, 2.45) is 0 Å². The first-order chi connectivity index (χ1) is 11.3. The quantitative estimate of drug-likeness (QED) is 0.601. The molecule has 25 heavy (non-hydrogen) atoms. The highest BCUT2D eigenvalue weighted by atomic mass is 19.4. The van der Waals surface area contributed by atoms with E-state index in [1.807, 2.05) is 0 Å². The second-order valence-electron chi connectivity index (χ2n) is 6.62. The number of aliphatic hydroxyl groups is 2. The Bertz CT molecular complexity index is 600. The zero-order valence-electron chi connectivity index (χ0n) is 14.2. The molecule has 0 aliphatic heterocycles. The van der Waals surface area contributed by atoms with Gasteiger partial charge in [0.05, 0.1) is 11.7 Å². The number of alkyl halides is 3. The molecule has 1 amide bonds. The zero-order valence-corrected chi connectivity index (χ0v) is 14.2. The first-order valence-corrected chi connectivity index (χ1v) is 7.60. The topological polar surface area (TPSA) is 105 Å². The Hall–Kier alpha value is -2.00. The standard InChI is InChI=1S/C16H23F3N2O4/c1-15(2,3)25-14(24)21-5-4-12(22)13(23)9-6-10(16(17,18)19)8-11(20)7-9/h6-8,12-13,22-23H,4-5,20H2,1-3H3,(H,21,24). The summed E-state index contributed by atoms with van der Waals surface area (Å²) in [6, 6.07) is 2.63. The summed E-state index contributed by atoms with van der Waals surface area (Å²) in [4.78, 5) is 11.5. The Labute approximate surface area is 143 Å². The normalized spacial score (nSPS) is 14.7. The van der Waals surface area contributed by atoms with Gasteiger partial charge in [-0.15, -0.1) is 0 Å². The van der Waals surface area contributed by atoms with Gasteiger partial charge >= 0.3 is 12.3 Å². The lowest BCUT2D eigenvalue weighted by molar-refractivity contribution is -0.137. The SMILES string of the molecule is CC(C)(C)OC(=O)NCCC(O)C(O)c1cc(N)cc(C(F)(F)F)c1. The lowest BCUT2D eigenvalue weighted by Crippen LogP contribution is -2.34. The number of carbonyl (C=O) groups excluding carboxylic acids is 1. The molecule has 0 heterocycles. The number of benzene rings is 1. The monoisotopic (exact) mass is 364 g/mol. The average Bonchev–Trinajstić information content (AvgIpc) is 2.42. The fourth-order valence-electron chi connectivity index (χ4n) is 2.03. The van der Waals surface area contributed by atoms with Crippen molar-refractivity contribution in [1.29, 1.82) is 0 Å². The Kier molecular flexibility index (Phi) is 6.67. The third-order valence-corrected chi connectivity index (χ3v) is 3.12. The number of nitrogens with one attached hydrogen (secondary N) is 1. The van der Waals surface area contributed by atoms with Crippen LogP contribution in [0.15, 0.2) is 18.2 Å². The minimum absolute atomic E-state index is 0.0262. The molecule has 9 heteroatoms. The molecule has 0 saturated carbocycles. The lowest BCUT2D eigenvalue weighted by Gasteiger charge is -2.22. The molecule has 0 fully saturated rings. The molecule has 6 nitrogen and oxygen atoms in total. The Morgan fingerprint density at radius 2 is 1.84 bits per heavy atom. The van der Waals surface area contributed by atoms with Crippen molar-refractivity contribution in [2.75, 3.05) is 12.3 Å². The summed E-state index contributed by atoms with van der Waals surface area (Å²) in [6.45, 7) is 5.03. The first kappa shape index (κ1) is 21.0. The van der Waals surface area contributed by atoms with Crippen LogP contribution in [0.4, 0.5) is 23.7 Å². The van der Waals surface area contributed by atoms with Crippen LogP contribution in [0.3, 0.4) is 0 Å². The first-order valence-electron chi connectivity index (χ1n) is 7.60. The maximum absolute atomic E-state index is 12.8. The van der Waals surface area contributed by atoms with E-state index >= 15 is 0 Å². The van der Waals surface area contributed by atoms with Crippen LogP contribution in [0.2, 0.25) is 0 Å². The number of ether oxygens (including phenoxy) is 1. The molecule has 5 N–H and O–H groups in total. The van der Waals surface area contributed by atoms with Crippen molar-refractivity contribution in [3.8, 4) is 0 Å². The number of hydrogen-bond acceptors (Lipinski definition) is 5. The van der Waals surface area contributed by atoms with Crippen molar-refractivity contribution in [3.63, 3.8) is 0 Å². The molecule has 1 aromatic rings. The number of amides is 1. The van der Waals surface area contributed by atoms with Gasteiger partial charge in [0.25, 0.3) is 0 Å². The Morgan fingerprint density at radius 3 is 2.36 bits per heavy atom. The van der Waals surface area contributed by atoms with Crippen molar-refractivity contribution >= 4 is 11.8 Å². The summed E-state index contributed by atoms with van der Waals surface area (Å²) in [6.07, 6.45) is -8.37. The number of halogens is 3. The summed E-state index contributed by atoms with van der Waals surface area (Å²) in [5.74, 6) is 0. The number of hydrogen-bond donors (Lipinski definition) is 4. The second kappa shape index (κ2) is 7.92. The summed E-state index contributed by atoms with van der Waals surface area (Å²) < 4.78 is 43.3. The van der Waals surface area contributed by atoms with Gasteiger partial charge < -0.3 is 26.0 Å². The molecule has 0 aliphatic carbocycles. The third-order valence-electron chi connectivity index (χ3n) is 3.12. The number of rotatable bonds is 5. The summed E-state index contributed by atoms with van der Waals surface area (Å²) in [7, 11) is 0.